The van der Waals surface area contributed by atoms with Crippen LogP contribution in [0.3, 0.4) is 0 Å². The fraction of sp³-hybridized carbons (Fsp3) is 0.600. The van der Waals surface area contributed by atoms with Crippen molar-refractivity contribution >= 4 is 26.0 Å². The van der Waals surface area contributed by atoms with Crippen molar-refractivity contribution in [3.05, 3.63) is 27.7 Å². The molecule has 0 bridgehead atoms. The molecule has 2 rings (SSSR count). The lowest BCUT2D eigenvalue weighted by Crippen LogP contribution is -2.32. The van der Waals surface area contributed by atoms with Crippen LogP contribution < -0.4 is 4.72 Å². The molecular weight excluding hydrogens is 354 g/mol. The van der Waals surface area contributed by atoms with E-state index in [1.807, 2.05) is 26.8 Å². The summed E-state index contributed by atoms with van der Waals surface area (Å²) >= 11 is 3.47. The zero-order chi connectivity index (χ0) is 15.6. The van der Waals surface area contributed by atoms with E-state index in [9.17, 15) is 8.42 Å². The van der Waals surface area contributed by atoms with Crippen LogP contribution >= 0.6 is 15.9 Å². The van der Waals surface area contributed by atoms with Crippen LogP contribution in [0.25, 0.3) is 0 Å². The molecule has 1 aromatic rings. The minimum absolute atomic E-state index is 0.00109. The molecule has 1 aliphatic heterocycles. The summed E-state index contributed by atoms with van der Waals surface area (Å²) in [6, 6.07) is 3.64. The molecule has 0 saturated carbocycles. The SMILES string of the molecule is Cc1cc(S(=O)(=O)NC[C@@H]2CCCO2)c(C(C)C)cc1Br. The Morgan fingerprint density at radius 1 is 1.43 bits per heavy atom. The summed E-state index contributed by atoms with van der Waals surface area (Å²) < 4.78 is 34.3. The summed E-state index contributed by atoms with van der Waals surface area (Å²) in [6.07, 6.45) is 1.92. The van der Waals surface area contributed by atoms with E-state index in [0.29, 0.717) is 11.4 Å². The molecule has 0 amide bonds. The van der Waals surface area contributed by atoms with E-state index in [-0.39, 0.29) is 12.0 Å². The van der Waals surface area contributed by atoms with Crippen molar-refractivity contribution in [2.24, 2.45) is 0 Å². The molecular formula is C15H22BrNO3S. The molecule has 1 fully saturated rings. The summed E-state index contributed by atoms with van der Waals surface area (Å²) in [7, 11) is -3.51. The average molecular weight is 376 g/mol. The van der Waals surface area contributed by atoms with Crippen LogP contribution in [-0.2, 0) is 14.8 Å². The van der Waals surface area contributed by atoms with Crippen molar-refractivity contribution in [3.8, 4) is 0 Å². The molecule has 6 heteroatoms. The van der Waals surface area contributed by atoms with Gasteiger partial charge in [0.2, 0.25) is 10.0 Å². The van der Waals surface area contributed by atoms with Gasteiger partial charge in [-0.25, -0.2) is 13.1 Å². The fourth-order valence-electron chi connectivity index (χ4n) is 2.44. The number of aryl methyl sites for hydroxylation is 1. The van der Waals surface area contributed by atoms with Gasteiger partial charge in [0.1, 0.15) is 0 Å². The first-order chi connectivity index (χ1) is 9.81. The number of hydrogen-bond acceptors (Lipinski definition) is 3. The van der Waals surface area contributed by atoms with Crippen LogP contribution in [0.5, 0.6) is 0 Å². The van der Waals surface area contributed by atoms with Gasteiger partial charge >= 0.3 is 0 Å². The maximum atomic E-state index is 12.6. The van der Waals surface area contributed by atoms with Crippen LogP contribution in [0, 0.1) is 6.92 Å². The first-order valence-electron chi connectivity index (χ1n) is 7.22. The van der Waals surface area contributed by atoms with E-state index in [2.05, 4.69) is 20.7 Å². The second kappa shape index (κ2) is 6.77. The second-order valence-corrected chi connectivity index (χ2v) is 8.37. The molecule has 4 nitrogen and oxygen atoms in total. The highest BCUT2D eigenvalue weighted by Gasteiger charge is 2.24. The van der Waals surface area contributed by atoms with E-state index < -0.39 is 10.0 Å². The number of sulfonamides is 1. The quantitative estimate of drug-likeness (QED) is 0.858. The molecule has 1 heterocycles. The number of benzene rings is 1. The minimum atomic E-state index is -3.51. The molecule has 21 heavy (non-hydrogen) atoms. The predicted molar refractivity (Wildman–Crippen MR) is 87.1 cm³/mol. The maximum Gasteiger partial charge on any atom is 0.240 e. The third-order valence-electron chi connectivity index (χ3n) is 3.73. The molecule has 0 unspecified atom stereocenters. The van der Waals surface area contributed by atoms with Crippen LogP contribution in [-0.4, -0.2) is 27.7 Å². The third kappa shape index (κ3) is 4.06. The topological polar surface area (TPSA) is 55.4 Å². The molecule has 0 radical (unpaired) electrons. The molecule has 118 valence electrons. The van der Waals surface area contributed by atoms with Gasteiger partial charge in [0.25, 0.3) is 0 Å². The summed E-state index contributed by atoms with van der Waals surface area (Å²) in [4.78, 5) is 0.371. The largest absolute Gasteiger partial charge is 0.377 e. The van der Waals surface area contributed by atoms with E-state index >= 15 is 0 Å². The number of nitrogens with one attached hydrogen (secondary N) is 1. The number of rotatable bonds is 5. The second-order valence-electron chi connectivity index (χ2n) is 5.78. The molecule has 0 aliphatic carbocycles. The monoisotopic (exact) mass is 375 g/mol. The third-order valence-corrected chi connectivity index (χ3v) is 6.06. The van der Waals surface area contributed by atoms with Crippen molar-refractivity contribution in [2.45, 2.75) is 50.5 Å². The van der Waals surface area contributed by atoms with Crippen molar-refractivity contribution < 1.29 is 13.2 Å². The zero-order valence-electron chi connectivity index (χ0n) is 12.6. The normalized spacial score (nSPS) is 19.4. The number of halogens is 1. The van der Waals surface area contributed by atoms with E-state index in [0.717, 1.165) is 35.0 Å². The Kier molecular flexibility index (Phi) is 5.46. The molecule has 0 spiro atoms. The van der Waals surface area contributed by atoms with Gasteiger partial charge in [-0.2, -0.15) is 0 Å². The van der Waals surface area contributed by atoms with Gasteiger partial charge in [-0.05, 0) is 48.9 Å². The molecule has 1 N–H and O–H groups in total. The van der Waals surface area contributed by atoms with Crippen LogP contribution in [0.15, 0.2) is 21.5 Å². The van der Waals surface area contributed by atoms with E-state index in [4.69, 9.17) is 4.74 Å². The van der Waals surface area contributed by atoms with Gasteiger partial charge in [-0.1, -0.05) is 29.8 Å². The molecule has 1 aromatic carbocycles. The van der Waals surface area contributed by atoms with Gasteiger partial charge in [0, 0.05) is 17.6 Å². The first kappa shape index (κ1) is 16.9. The van der Waals surface area contributed by atoms with Gasteiger partial charge in [0.05, 0.1) is 11.0 Å². The number of hydrogen-bond donors (Lipinski definition) is 1. The summed E-state index contributed by atoms with van der Waals surface area (Å²) in [6.45, 7) is 6.95. The lowest BCUT2D eigenvalue weighted by molar-refractivity contribution is 0.114. The summed E-state index contributed by atoms with van der Waals surface area (Å²) in [5.41, 5.74) is 1.74. The Morgan fingerprint density at radius 3 is 2.71 bits per heavy atom. The van der Waals surface area contributed by atoms with Crippen molar-refractivity contribution in [1.29, 1.82) is 0 Å². The van der Waals surface area contributed by atoms with Gasteiger partial charge in [-0.3, -0.25) is 0 Å². The minimum Gasteiger partial charge on any atom is -0.377 e. The molecule has 0 aromatic heterocycles. The highest BCUT2D eigenvalue weighted by Crippen LogP contribution is 2.30. The molecule has 1 saturated heterocycles. The first-order valence-corrected chi connectivity index (χ1v) is 9.50. The summed E-state index contributed by atoms with van der Waals surface area (Å²) in [5.74, 6) is 0.135. The Bertz CT molecular complexity index is 608. The van der Waals surface area contributed by atoms with Crippen molar-refractivity contribution in [3.63, 3.8) is 0 Å². The summed E-state index contributed by atoms with van der Waals surface area (Å²) in [5, 5.41) is 0. The van der Waals surface area contributed by atoms with Gasteiger partial charge in [0.15, 0.2) is 0 Å². The lowest BCUT2D eigenvalue weighted by Gasteiger charge is -2.17. The predicted octanol–water partition coefficient (Wildman–Crippen LogP) is 3.34. The zero-order valence-corrected chi connectivity index (χ0v) is 15.1. The van der Waals surface area contributed by atoms with Crippen molar-refractivity contribution in [2.75, 3.05) is 13.2 Å². The van der Waals surface area contributed by atoms with Crippen molar-refractivity contribution in [1.82, 2.24) is 4.72 Å². The van der Waals surface area contributed by atoms with E-state index in [1.54, 1.807) is 6.07 Å². The highest BCUT2D eigenvalue weighted by molar-refractivity contribution is 9.10. The average Bonchev–Trinajstić information content (AvgIpc) is 2.92. The van der Waals surface area contributed by atoms with E-state index in [1.165, 1.54) is 0 Å². The van der Waals surface area contributed by atoms with Crippen LogP contribution in [0.1, 0.15) is 43.7 Å². The Labute approximate surface area is 135 Å². The molecule has 1 atom stereocenters. The Morgan fingerprint density at radius 2 is 2.14 bits per heavy atom. The fourth-order valence-corrected chi connectivity index (χ4v) is 4.30. The van der Waals surface area contributed by atoms with Gasteiger partial charge in [-0.15, -0.1) is 0 Å². The van der Waals surface area contributed by atoms with Crippen LogP contribution in [0.2, 0.25) is 0 Å². The Balaban J connectivity index is 2.27. The highest BCUT2D eigenvalue weighted by atomic mass is 79.9. The maximum absolute atomic E-state index is 12.6. The lowest BCUT2D eigenvalue weighted by atomic mass is 10.0. The van der Waals surface area contributed by atoms with Gasteiger partial charge < -0.3 is 4.74 Å². The Hall–Kier alpha value is -0.430. The number of ether oxygens (including phenoxy) is 1. The standard InChI is InChI=1S/C15H22BrNO3S/c1-10(2)13-8-14(16)11(3)7-15(13)21(18,19)17-9-12-5-4-6-20-12/h7-8,10,12,17H,4-6,9H2,1-3H3/t12-/m0/s1. The smallest absolute Gasteiger partial charge is 0.240 e. The van der Waals surface area contributed by atoms with Crippen LogP contribution in [0.4, 0.5) is 0 Å². The molecule has 1 aliphatic rings.